The molecule has 1 N–H and O–H groups in total. The number of nitrogens with zero attached hydrogens (tertiary/aromatic N) is 3. The van der Waals surface area contributed by atoms with Crippen molar-refractivity contribution in [2.45, 2.75) is 46.1 Å². The molecular formula is C25H26N4O3S. The summed E-state index contributed by atoms with van der Waals surface area (Å²) in [6.07, 6.45) is 1.95. The van der Waals surface area contributed by atoms with E-state index in [1.807, 2.05) is 19.1 Å². The fourth-order valence-corrected chi connectivity index (χ4v) is 4.64. The fourth-order valence-electron chi connectivity index (χ4n) is 3.45. The Morgan fingerprint density at radius 1 is 1.09 bits per heavy atom. The Morgan fingerprint density at radius 3 is 2.45 bits per heavy atom. The SMILES string of the molecule is CCC(CC)c1nn2c(=O)cc(COc3ccc(NC(=O)c4ccc(C)cc4)cc3)nc2s1. The molecule has 0 radical (unpaired) electrons. The van der Waals surface area contributed by atoms with Crippen molar-refractivity contribution in [1.82, 2.24) is 14.6 Å². The van der Waals surface area contributed by atoms with Gasteiger partial charge in [-0.05, 0) is 56.2 Å². The maximum atomic E-state index is 12.5. The van der Waals surface area contributed by atoms with E-state index in [-0.39, 0.29) is 18.1 Å². The summed E-state index contributed by atoms with van der Waals surface area (Å²) in [5, 5.41) is 8.26. The maximum Gasteiger partial charge on any atom is 0.275 e. The first-order valence-corrected chi connectivity index (χ1v) is 11.8. The number of ether oxygens (including phenoxy) is 1. The molecule has 0 fully saturated rings. The van der Waals surface area contributed by atoms with Crippen molar-refractivity contribution >= 4 is 27.9 Å². The summed E-state index contributed by atoms with van der Waals surface area (Å²) in [4.78, 5) is 30.0. The molecule has 0 saturated carbocycles. The fraction of sp³-hybridized carbons (Fsp3) is 0.280. The summed E-state index contributed by atoms with van der Waals surface area (Å²) in [6.45, 7) is 6.39. The maximum absolute atomic E-state index is 12.5. The number of benzene rings is 2. The van der Waals surface area contributed by atoms with Gasteiger partial charge in [-0.15, -0.1) is 0 Å². The van der Waals surface area contributed by atoms with Crippen molar-refractivity contribution in [2.24, 2.45) is 0 Å². The topological polar surface area (TPSA) is 85.6 Å². The van der Waals surface area contributed by atoms with Gasteiger partial charge in [0.15, 0.2) is 0 Å². The molecule has 0 spiro atoms. The molecule has 7 nitrogen and oxygen atoms in total. The minimum atomic E-state index is -0.207. The Kier molecular flexibility index (Phi) is 6.84. The Hall–Kier alpha value is -3.52. The minimum absolute atomic E-state index is 0.166. The van der Waals surface area contributed by atoms with Crippen LogP contribution in [-0.2, 0) is 6.61 Å². The number of rotatable bonds is 8. The molecule has 2 aromatic carbocycles. The standard InChI is InChI=1S/C25H26N4O3S/c1-4-17(5-2)24-28-29-22(30)14-20(27-25(29)33-24)15-32-21-12-10-19(11-13-21)26-23(31)18-8-6-16(3)7-9-18/h6-14,17H,4-5,15H2,1-3H3,(H,26,31). The average Bonchev–Trinajstić information content (AvgIpc) is 3.24. The van der Waals surface area contributed by atoms with E-state index in [4.69, 9.17) is 4.74 Å². The summed E-state index contributed by atoms with van der Waals surface area (Å²) in [6, 6.07) is 16.0. The van der Waals surface area contributed by atoms with E-state index < -0.39 is 0 Å². The molecule has 0 aliphatic rings. The lowest BCUT2D eigenvalue weighted by molar-refractivity contribution is 0.102. The number of anilines is 1. The van der Waals surface area contributed by atoms with Gasteiger partial charge in [-0.3, -0.25) is 9.59 Å². The molecule has 170 valence electrons. The summed E-state index contributed by atoms with van der Waals surface area (Å²) in [7, 11) is 0. The molecule has 1 amide bonds. The van der Waals surface area contributed by atoms with Gasteiger partial charge in [0.2, 0.25) is 4.96 Å². The van der Waals surface area contributed by atoms with Gasteiger partial charge in [-0.1, -0.05) is 42.9 Å². The van der Waals surface area contributed by atoms with Crippen LogP contribution in [0.25, 0.3) is 4.96 Å². The van der Waals surface area contributed by atoms with Crippen molar-refractivity contribution < 1.29 is 9.53 Å². The summed E-state index contributed by atoms with van der Waals surface area (Å²) in [5.41, 5.74) is 2.72. The van der Waals surface area contributed by atoms with Crippen LogP contribution in [-0.4, -0.2) is 20.5 Å². The molecule has 0 aliphatic carbocycles. The molecule has 4 rings (SSSR count). The second kappa shape index (κ2) is 9.95. The molecule has 2 heterocycles. The number of amides is 1. The van der Waals surface area contributed by atoms with Crippen LogP contribution >= 0.6 is 11.3 Å². The molecule has 2 aromatic heterocycles. The number of hydrogen-bond donors (Lipinski definition) is 1. The Bertz CT molecular complexity index is 1310. The Balaban J connectivity index is 1.41. The first-order valence-electron chi connectivity index (χ1n) is 11.0. The van der Waals surface area contributed by atoms with Gasteiger partial charge in [0.05, 0.1) is 5.69 Å². The highest BCUT2D eigenvalue weighted by Gasteiger charge is 2.15. The lowest BCUT2D eigenvalue weighted by atomic mass is 10.1. The molecule has 0 unspecified atom stereocenters. The minimum Gasteiger partial charge on any atom is -0.487 e. The van der Waals surface area contributed by atoms with Gasteiger partial charge in [0.25, 0.3) is 11.5 Å². The first-order chi connectivity index (χ1) is 16.0. The summed E-state index contributed by atoms with van der Waals surface area (Å²) >= 11 is 1.46. The highest BCUT2D eigenvalue weighted by molar-refractivity contribution is 7.16. The van der Waals surface area contributed by atoms with Crippen LogP contribution in [0.15, 0.2) is 59.4 Å². The zero-order chi connectivity index (χ0) is 23.4. The van der Waals surface area contributed by atoms with E-state index in [2.05, 4.69) is 29.2 Å². The highest BCUT2D eigenvalue weighted by Crippen LogP contribution is 2.26. The van der Waals surface area contributed by atoms with E-state index in [9.17, 15) is 9.59 Å². The van der Waals surface area contributed by atoms with E-state index >= 15 is 0 Å². The molecule has 8 heteroatoms. The number of aryl methyl sites for hydroxylation is 1. The second-order valence-electron chi connectivity index (χ2n) is 7.87. The molecule has 0 bridgehead atoms. The van der Waals surface area contributed by atoms with Crippen LogP contribution in [0.3, 0.4) is 0 Å². The third-order valence-corrected chi connectivity index (χ3v) is 6.53. The van der Waals surface area contributed by atoms with E-state index in [1.54, 1.807) is 36.4 Å². The number of hydrogen-bond acceptors (Lipinski definition) is 6. The summed E-state index contributed by atoms with van der Waals surface area (Å²) in [5.74, 6) is 0.784. The quantitative estimate of drug-likeness (QED) is 0.389. The van der Waals surface area contributed by atoms with Gasteiger partial charge >= 0.3 is 0 Å². The lowest BCUT2D eigenvalue weighted by Crippen LogP contribution is -2.16. The van der Waals surface area contributed by atoms with E-state index in [1.165, 1.54) is 21.9 Å². The third kappa shape index (κ3) is 5.28. The Labute approximate surface area is 196 Å². The van der Waals surface area contributed by atoms with Crippen molar-refractivity contribution in [3.05, 3.63) is 86.8 Å². The van der Waals surface area contributed by atoms with E-state index in [0.29, 0.717) is 33.6 Å². The van der Waals surface area contributed by atoms with Gasteiger partial charge in [0.1, 0.15) is 17.4 Å². The molecule has 33 heavy (non-hydrogen) atoms. The monoisotopic (exact) mass is 462 g/mol. The van der Waals surface area contributed by atoms with Crippen LogP contribution in [0, 0.1) is 6.92 Å². The summed E-state index contributed by atoms with van der Waals surface area (Å²) < 4.78 is 7.18. The largest absolute Gasteiger partial charge is 0.487 e. The van der Waals surface area contributed by atoms with Crippen LogP contribution in [0.5, 0.6) is 5.75 Å². The van der Waals surface area contributed by atoms with Crippen molar-refractivity contribution in [1.29, 1.82) is 0 Å². The number of fused-ring (bicyclic) bond motifs is 1. The van der Waals surface area contributed by atoms with Gasteiger partial charge < -0.3 is 10.1 Å². The molecule has 0 saturated heterocycles. The van der Waals surface area contributed by atoms with Crippen molar-refractivity contribution in [3.63, 3.8) is 0 Å². The molecular weight excluding hydrogens is 436 g/mol. The number of aromatic nitrogens is 3. The second-order valence-corrected chi connectivity index (χ2v) is 8.85. The normalized spacial score (nSPS) is 11.2. The van der Waals surface area contributed by atoms with Gasteiger partial charge in [-0.2, -0.15) is 9.61 Å². The smallest absolute Gasteiger partial charge is 0.275 e. The van der Waals surface area contributed by atoms with Crippen LogP contribution in [0.1, 0.15) is 59.2 Å². The number of nitrogens with one attached hydrogen (secondary N) is 1. The molecule has 4 aromatic rings. The van der Waals surface area contributed by atoms with Crippen molar-refractivity contribution in [3.8, 4) is 5.75 Å². The highest BCUT2D eigenvalue weighted by atomic mass is 32.1. The first kappa shape index (κ1) is 22.7. The van der Waals surface area contributed by atoms with Crippen LogP contribution in [0.2, 0.25) is 0 Å². The third-order valence-electron chi connectivity index (χ3n) is 5.46. The zero-order valence-electron chi connectivity index (χ0n) is 18.9. The molecule has 0 aliphatic heterocycles. The predicted octanol–water partition coefficient (Wildman–Crippen LogP) is 5.19. The van der Waals surface area contributed by atoms with Crippen LogP contribution in [0.4, 0.5) is 5.69 Å². The average molecular weight is 463 g/mol. The van der Waals surface area contributed by atoms with Crippen molar-refractivity contribution in [2.75, 3.05) is 5.32 Å². The Morgan fingerprint density at radius 2 is 1.79 bits per heavy atom. The van der Waals surface area contributed by atoms with Crippen LogP contribution < -0.4 is 15.6 Å². The van der Waals surface area contributed by atoms with Gasteiger partial charge in [0, 0.05) is 23.2 Å². The van der Waals surface area contributed by atoms with E-state index in [0.717, 1.165) is 23.4 Å². The predicted molar refractivity (Wildman–Crippen MR) is 130 cm³/mol. The van der Waals surface area contributed by atoms with Gasteiger partial charge in [-0.25, -0.2) is 4.98 Å². The lowest BCUT2D eigenvalue weighted by Gasteiger charge is -2.08. The number of carbonyl (C=O) groups excluding carboxylic acids is 1. The molecule has 0 atom stereocenters. The number of carbonyl (C=O) groups is 1. The zero-order valence-corrected chi connectivity index (χ0v) is 19.7.